The third-order valence-corrected chi connectivity index (χ3v) is 4.10. The highest BCUT2D eigenvalue weighted by atomic mass is 16.3. The van der Waals surface area contributed by atoms with Crippen LogP contribution >= 0.6 is 0 Å². The minimum atomic E-state index is -0.655. The third kappa shape index (κ3) is 5.74. The van der Waals surface area contributed by atoms with Crippen molar-refractivity contribution in [1.29, 1.82) is 5.26 Å². The van der Waals surface area contributed by atoms with Crippen LogP contribution in [-0.4, -0.2) is 31.9 Å². The first-order valence-electron chi connectivity index (χ1n) is 8.87. The minimum absolute atomic E-state index is 0.138. The highest BCUT2D eigenvalue weighted by Crippen LogP contribution is 2.24. The van der Waals surface area contributed by atoms with E-state index >= 15 is 0 Å². The van der Waals surface area contributed by atoms with E-state index in [0.29, 0.717) is 23.0 Å². The molecule has 0 aromatic carbocycles. The molecule has 26 heavy (non-hydrogen) atoms. The smallest absolute Gasteiger partial charge is 0.153 e. The molecule has 0 aliphatic rings. The molecule has 0 spiro atoms. The van der Waals surface area contributed by atoms with Gasteiger partial charge in [0.2, 0.25) is 0 Å². The Kier molecular flexibility index (Phi) is 6.22. The maximum atomic E-state index is 9.82. The molecule has 0 fully saturated rings. The van der Waals surface area contributed by atoms with Gasteiger partial charge in [-0.2, -0.15) is 10.4 Å². The van der Waals surface area contributed by atoms with E-state index in [1.54, 1.807) is 0 Å². The average Bonchev–Trinajstić information content (AvgIpc) is 2.90. The second-order valence-electron chi connectivity index (χ2n) is 7.47. The van der Waals surface area contributed by atoms with Crippen LogP contribution in [0.4, 0.5) is 17.5 Å². The van der Waals surface area contributed by atoms with Crippen molar-refractivity contribution in [2.24, 2.45) is 0 Å². The SMILES string of the molecule is Cc1cc(Nc2cc(C)c(C#N)c(N[C@H](C)CCCC(C)(C)O)n2)n[nH]1. The van der Waals surface area contributed by atoms with Gasteiger partial charge in [0, 0.05) is 17.8 Å². The molecule has 4 N–H and O–H groups in total. The molecule has 0 saturated heterocycles. The Morgan fingerprint density at radius 3 is 2.62 bits per heavy atom. The topological polar surface area (TPSA) is 110 Å². The Labute approximate surface area is 154 Å². The summed E-state index contributed by atoms with van der Waals surface area (Å²) in [7, 11) is 0. The molecular formula is C19H28N6O. The molecule has 2 rings (SSSR count). The Balaban J connectivity index is 2.11. The maximum Gasteiger partial charge on any atom is 0.153 e. The largest absolute Gasteiger partial charge is 0.390 e. The predicted octanol–water partition coefficient (Wildman–Crippen LogP) is 3.78. The molecule has 7 heteroatoms. The lowest BCUT2D eigenvalue weighted by Crippen LogP contribution is -2.21. The van der Waals surface area contributed by atoms with Gasteiger partial charge in [0.1, 0.15) is 17.7 Å². The average molecular weight is 356 g/mol. The highest BCUT2D eigenvalue weighted by Gasteiger charge is 2.15. The van der Waals surface area contributed by atoms with Crippen LogP contribution in [0, 0.1) is 25.2 Å². The van der Waals surface area contributed by atoms with E-state index < -0.39 is 5.60 Å². The fourth-order valence-electron chi connectivity index (χ4n) is 2.74. The van der Waals surface area contributed by atoms with E-state index in [9.17, 15) is 10.4 Å². The number of aromatic nitrogens is 3. The van der Waals surface area contributed by atoms with Crippen molar-refractivity contribution >= 4 is 17.5 Å². The molecule has 0 aliphatic carbocycles. The summed E-state index contributed by atoms with van der Waals surface area (Å²) in [5.74, 6) is 1.89. The fraction of sp³-hybridized carbons (Fsp3) is 0.526. The second kappa shape index (κ2) is 8.19. The highest BCUT2D eigenvalue weighted by molar-refractivity contribution is 5.63. The quantitative estimate of drug-likeness (QED) is 0.573. The molecule has 0 unspecified atom stereocenters. The molecule has 0 aliphatic heterocycles. The van der Waals surface area contributed by atoms with Gasteiger partial charge in [0.15, 0.2) is 5.82 Å². The van der Waals surface area contributed by atoms with Crippen LogP contribution in [-0.2, 0) is 0 Å². The molecule has 0 amide bonds. The van der Waals surface area contributed by atoms with Crippen molar-refractivity contribution in [2.45, 2.75) is 65.5 Å². The van der Waals surface area contributed by atoms with Gasteiger partial charge < -0.3 is 15.7 Å². The Morgan fingerprint density at radius 2 is 2.04 bits per heavy atom. The molecule has 140 valence electrons. The molecule has 2 aromatic rings. The maximum absolute atomic E-state index is 9.82. The summed E-state index contributed by atoms with van der Waals surface area (Å²) in [4.78, 5) is 4.56. The zero-order valence-corrected chi connectivity index (χ0v) is 16.1. The first-order chi connectivity index (χ1) is 12.2. The van der Waals surface area contributed by atoms with E-state index in [1.807, 2.05) is 39.8 Å². The van der Waals surface area contributed by atoms with E-state index in [2.05, 4.69) is 38.8 Å². The van der Waals surface area contributed by atoms with Crippen LogP contribution in [0.5, 0.6) is 0 Å². The van der Waals surface area contributed by atoms with Crippen molar-refractivity contribution < 1.29 is 5.11 Å². The van der Waals surface area contributed by atoms with Crippen molar-refractivity contribution in [3.05, 3.63) is 29.0 Å². The number of H-pyrrole nitrogens is 1. The molecule has 0 saturated carbocycles. The lowest BCUT2D eigenvalue weighted by molar-refractivity contribution is 0.0680. The minimum Gasteiger partial charge on any atom is -0.390 e. The third-order valence-electron chi connectivity index (χ3n) is 4.10. The number of anilines is 3. The number of nitrogens with zero attached hydrogens (tertiary/aromatic N) is 3. The van der Waals surface area contributed by atoms with Gasteiger partial charge in [0.05, 0.1) is 11.2 Å². The molecule has 1 atom stereocenters. The van der Waals surface area contributed by atoms with Crippen LogP contribution in [0.2, 0.25) is 0 Å². The number of rotatable bonds is 8. The van der Waals surface area contributed by atoms with E-state index in [0.717, 1.165) is 30.5 Å². The fourth-order valence-corrected chi connectivity index (χ4v) is 2.74. The van der Waals surface area contributed by atoms with Gasteiger partial charge in [-0.25, -0.2) is 4.98 Å². The summed E-state index contributed by atoms with van der Waals surface area (Å²) in [5, 5.41) is 32.8. The Morgan fingerprint density at radius 1 is 1.31 bits per heavy atom. The number of aromatic amines is 1. The van der Waals surface area contributed by atoms with Crippen LogP contribution in [0.15, 0.2) is 12.1 Å². The van der Waals surface area contributed by atoms with Crippen LogP contribution in [0.1, 0.15) is 56.9 Å². The number of nitrogens with one attached hydrogen (secondary N) is 3. The Hall–Kier alpha value is -2.59. The summed E-state index contributed by atoms with van der Waals surface area (Å²) >= 11 is 0. The number of nitriles is 1. The van der Waals surface area contributed by atoms with Crippen LogP contribution in [0.3, 0.4) is 0 Å². The van der Waals surface area contributed by atoms with Gasteiger partial charge >= 0.3 is 0 Å². The van der Waals surface area contributed by atoms with Gasteiger partial charge in [-0.15, -0.1) is 0 Å². The number of hydrogen-bond acceptors (Lipinski definition) is 6. The summed E-state index contributed by atoms with van der Waals surface area (Å²) in [6, 6.07) is 6.10. The molecule has 0 radical (unpaired) electrons. The lowest BCUT2D eigenvalue weighted by Gasteiger charge is -2.20. The number of pyridine rings is 1. The summed E-state index contributed by atoms with van der Waals surface area (Å²) in [6.07, 6.45) is 2.51. The normalized spacial score (nSPS) is 12.5. The molecule has 2 heterocycles. The van der Waals surface area contributed by atoms with Gasteiger partial charge in [-0.3, -0.25) is 5.10 Å². The summed E-state index contributed by atoms with van der Waals surface area (Å²) in [5.41, 5.74) is 1.70. The zero-order chi connectivity index (χ0) is 19.3. The lowest BCUT2D eigenvalue weighted by atomic mass is 9.99. The summed E-state index contributed by atoms with van der Waals surface area (Å²) < 4.78 is 0. The van der Waals surface area contributed by atoms with Crippen molar-refractivity contribution in [3.8, 4) is 6.07 Å². The number of aryl methyl sites for hydroxylation is 2. The number of hydrogen-bond donors (Lipinski definition) is 4. The van der Waals surface area contributed by atoms with Gasteiger partial charge in [-0.05, 0) is 65.5 Å². The van der Waals surface area contributed by atoms with Gasteiger partial charge in [-0.1, -0.05) is 0 Å². The van der Waals surface area contributed by atoms with Crippen LogP contribution in [0.25, 0.3) is 0 Å². The van der Waals surface area contributed by atoms with Crippen LogP contribution < -0.4 is 10.6 Å². The molecule has 7 nitrogen and oxygen atoms in total. The monoisotopic (exact) mass is 356 g/mol. The first-order valence-corrected chi connectivity index (χ1v) is 8.87. The van der Waals surface area contributed by atoms with Crippen molar-refractivity contribution in [3.63, 3.8) is 0 Å². The molecular weight excluding hydrogens is 328 g/mol. The Bertz CT molecular complexity index is 784. The molecule has 0 bridgehead atoms. The second-order valence-corrected chi connectivity index (χ2v) is 7.47. The summed E-state index contributed by atoms with van der Waals surface area (Å²) in [6.45, 7) is 9.51. The van der Waals surface area contributed by atoms with E-state index in [-0.39, 0.29) is 6.04 Å². The van der Waals surface area contributed by atoms with Crippen molar-refractivity contribution in [1.82, 2.24) is 15.2 Å². The van der Waals surface area contributed by atoms with Gasteiger partial charge in [0.25, 0.3) is 0 Å². The number of aliphatic hydroxyl groups is 1. The molecule has 2 aromatic heterocycles. The van der Waals surface area contributed by atoms with E-state index in [1.165, 1.54) is 0 Å². The standard InChI is InChI=1S/C19H28N6O/c1-12-9-16(22-17-10-14(3)24-25-17)23-18(15(12)11-20)21-13(2)7-6-8-19(4,5)26/h9-10,13,26H,6-8H2,1-5H3,(H3,21,22,23,24,25)/t13-/m1/s1. The predicted molar refractivity (Wildman–Crippen MR) is 104 cm³/mol. The van der Waals surface area contributed by atoms with Crippen molar-refractivity contribution in [2.75, 3.05) is 10.6 Å². The first kappa shape index (κ1) is 19.7. The van der Waals surface area contributed by atoms with E-state index in [4.69, 9.17) is 0 Å². The zero-order valence-electron chi connectivity index (χ0n) is 16.1.